The van der Waals surface area contributed by atoms with Gasteiger partial charge in [0.05, 0.1) is 4.47 Å². The number of hydrogen-bond acceptors (Lipinski definition) is 2. The molecule has 1 aliphatic rings. The van der Waals surface area contributed by atoms with Crippen LogP contribution in [0.25, 0.3) is 0 Å². The van der Waals surface area contributed by atoms with E-state index in [1.165, 1.54) is 25.7 Å². The van der Waals surface area contributed by atoms with E-state index in [1.54, 1.807) is 0 Å². The molecule has 72 valence electrons. The summed E-state index contributed by atoms with van der Waals surface area (Å²) in [4.78, 5) is 0. The van der Waals surface area contributed by atoms with Crippen LogP contribution in [-0.4, -0.2) is 9.78 Å². The first kappa shape index (κ1) is 9.06. The van der Waals surface area contributed by atoms with Gasteiger partial charge in [0.25, 0.3) is 0 Å². The third-order valence-electron chi connectivity index (χ3n) is 2.44. The summed E-state index contributed by atoms with van der Waals surface area (Å²) < 4.78 is 2.82. The van der Waals surface area contributed by atoms with Crippen molar-refractivity contribution in [2.24, 2.45) is 5.92 Å². The molecule has 0 amide bonds. The Bertz CT molecular complexity index is 272. The van der Waals surface area contributed by atoms with E-state index in [2.05, 4.69) is 21.0 Å². The van der Waals surface area contributed by atoms with Crippen LogP contribution in [0, 0.1) is 5.92 Å². The van der Waals surface area contributed by atoms with Crippen molar-refractivity contribution < 1.29 is 0 Å². The Labute approximate surface area is 86.4 Å². The summed E-state index contributed by atoms with van der Waals surface area (Å²) in [5.74, 6) is 1.60. The first-order valence-electron chi connectivity index (χ1n) is 4.74. The summed E-state index contributed by atoms with van der Waals surface area (Å²) in [5, 5.41) is 4.18. The molecule has 2 N–H and O–H groups in total. The lowest BCUT2D eigenvalue weighted by Crippen LogP contribution is -1.99. The van der Waals surface area contributed by atoms with Crippen molar-refractivity contribution in [2.45, 2.75) is 32.2 Å². The van der Waals surface area contributed by atoms with Gasteiger partial charge in [0.1, 0.15) is 0 Å². The second-order valence-electron chi connectivity index (χ2n) is 3.71. The van der Waals surface area contributed by atoms with E-state index in [-0.39, 0.29) is 0 Å². The van der Waals surface area contributed by atoms with E-state index < -0.39 is 0 Å². The summed E-state index contributed by atoms with van der Waals surface area (Å²) in [7, 11) is 0. The minimum atomic E-state index is 0.589. The van der Waals surface area contributed by atoms with Gasteiger partial charge in [0, 0.05) is 12.7 Å². The molecule has 4 heteroatoms. The second kappa shape index (κ2) is 3.70. The van der Waals surface area contributed by atoms with Gasteiger partial charge in [0.2, 0.25) is 0 Å². The van der Waals surface area contributed by atoms with Gasteiger partial charge >= 0.3 is 0 Å². The lowest BCUT2D eigenvalue weighted by molar-refractivity contribution is 0.537. The molecule has 1 aromatic heterocycles. The zero-order valence-electron chi connectivity index (χ0n) is 7.54. The fourth-order valence-corrected chi connectivity index (χ4v) is 1.79. The highest BCUT2D eigenvalue weighted by molar-refractivity contribution is 9.10. The molecule has 0 radical (unpaired) electrons. The number of anilines is 1. The molecule has 0 aliphatic heterocycles. The fraction of sp³-hybridized carbons (Fsp3) is 0.667. The molecule has 1 heterocycles. The molecule has 0 bridgehead atoms. The number of aryl methyl sites for hydroxylation is 1. The smallest absolute Gasteiger partial charge is 0.159 e. The maximum atomic E-state index is 5.61. The van der Waals surface area contributed by atoms with Crippen LogP contribution in [0.4, 0.5) is 5.82 Å². The third kappa shape index (κ3) is 2.46. The Kier molecular flexibility index (Phi) is 2.58. The second-order valence-corrected chi connectivity index (χ2v) is 4.57. The summed E-state index contributed by atoms with van der Waals surface area (Å²) in [6, 6.07) is 0. The van der Waals surface area contributed by atoms with E-state index >= 15 is 0 Å². The molecule has 0 unspecified atom stereocenters. The van der Waals surface area contributed by atoms with Gasteiger partial charge in [-0.15, -0.1) is 0 Å². The molecule has 0 spiro atoms. The Morgan fingerprint density at radius 2 is 2.38 bits per heavy atom. The minimum Gasteiger partial charge on any atom is -0.381 e. The Balaban J connectivity index is 1.79. The van der Waals surface area contributed by atoms with Crippen molar-refractivity contribution in [3.8, 4) is 0 Å². The van der Waals surface area contributed by atoms with Gasteiger partial charge < -0.3 is 5.73 Å². The molecule has 2 rings (SSSR count). The van der Waals surface area contributed by atoms with Crippen LogP contribution in [0.15, 0.2) is 10.7 Å². The van der Waals surface area contributed by atoms with Crippen LogP contribution in [-0.2, 0) is 6.54 Å². The van der Waals surface area contributed by atoms with Gasteiger partial charge in [-0.2, -0.15) is 5.10 Å². The molecule has 1 saturated carbocycles. The van der Waals surface area contributed by atoms with E-state index in [0.29, 0.717) is 5.82 Å². The summed E-state index contributed by atoms with van der Waals surface area (Å²) in [6.45, 7) is 0.992. The van der Waals surface area contributed by atoms with Crippen molar-refractivity contribution in [1.29, 1.82) is 0 Å². The number of aromatic nitrogens is 2. The SMILES string of the molecule is Nc1nn(CCCC2CC2)cc1Br. The summed E-state index contributed by atoms with van der Waals surface area (Å²) in [5.41, 5.74) is 5.61. The topological polar surface area (TPSA) is 43.8 Å². The molecule has 0 aromatic carbocycles. The highest BCUT2D eigenvalue weighted by atomic mass is 79.9. The molecular formula is C9H14BrN3. The number of hydrogen-bond donors (Lipinski definition) is 1. The van der Waals surface area contributed by atoms with Gasteiger partial charge in [-0.05, 0) is 34.7 Å². The van der Waals surface area contributed by atoms with Gasteiger partial charge in [-0.25, -0.2) is 0 Å². The van der Waals surface area contributed by atoms with E-state index in [0.717, 1.165) is 16.9 Å². The summed E-state index contributed by atoms with van der Waals surface area (Å²) in [6.07, 6.45) is 7.38. The van der Waals surface area contributed by atoms with Gasteiger partial charge in [-0.3, -0.25) is 4.68 Å². The predicted octanol–water partition coefficient (Wildman–Crippen LogP) is 2.42. The molecule has 13 heavy (non-hydrogen) atoms. The zero-order chi connectivity index (χ0) is 9.26. The number of halogens is 1. The molecule has 1 aliphatic carbocycles. The molecular weight excluding hydrogens is 230 g/mol. The Hall–Kier alpha value is -0.510. The number of nitrogen functional groups attached to an aromatic ring is 1. The van der Waals surface area contributed by atoms with Crippen LogP contribution in [0.5, 0.6) is 0 Å². The maximum Gasteiger partial charge on any atom is 0.159 e. The van der Waals surface area contributed by atoms with Crippen molar-refractivity contribution in [3.63, 3.8) is 0 Å². The maximum absolute atomic E-state index is 5.61. The van der Waals surface area contributed by atoms with Gasteiger partial charge in [0.15, 0.2) is 5.82 Å². The third-order valence-corrected chi connectivity index (χ3v) is 3.05. The van der Waals surface area contributed by atoms with Crippen molar-refractivity contribution in [3.05, 3.63) is 10.7 Å². The van der Waals surface area contributed by atoms with Crippen molar-refractivity contribution in [2.75, 3.05) is 5.73 Å². The Morgan fingerprint density at radius 3 is 2.92 bits per heavy atom. The predicted molar refractivity (Wildman–Crippen MR) is 56.3 cm³/mol. The molecule has 0 saturated heterocycles. The number of nitrogens with two attached hydrogens (primary N) is 1. The van der Waals surface area contributed by atoms with Crippen molar-refractivity contribution in [1.82, 2.24) is 9.78 Å². The van der Waals surface area contributed by atoms with Crippen LogP contribution >= 0.6 is 15.9 Å². The largest absolute Gasteiger partial charge is 0.381 e. The fourth-order valence-electron chi connectivity index (χ4n) is 1.48. The average Bonchev–Trinajstić information content (AvgIpc) is 2.82. The quantitative estimate of drug-likeness (QED) is 0.883. The van der Waals surface area contributed by atoms with E-state index in [9.17, 15) is 0 Å². The first-order chi connectivity index (χ1) is 6.25. The van der Waals surface area contributed by atoms with E-state index in [1.807, 2.05) is 10.9 Å². The molecule has 1 fully saturated rings. The number of nitrogens with zero attached hydrogens (tertiary/aromatic N) is 2. The normalized spacial score (nSPS) is 16.4. The monoisotopic (exact) mass is 243 g/mol. The number of rotatable bonds is 4. The van der Waals surface area contributed by atoms with Crippen LogP contribution in [0.3, 0.4) is 0 Å². The summed E-state index contributed by atoms with van der Waals surface area (Å²) >= 11 is 3.34. The first-order valence-corrected chi connectivity index (χ1v) is 5.53. The highest BCUT2D eigenvalue weighted by Gasteiger charge is 2.20. The highest BCUT2D eigenvalue weighted by Crippen LogP contribution is 2.33. The van der Waals surface area contributed by atoms with Gasteiger partial charge in [-0.1, -0.05) is 12.8 Å². The lowest BCUT2D eigenvalue weighted by Gasteiger charge is -1.99. The zero-order valence-corrected chi connectivity index (χ0v) is 9.13. The van der Waals surface area contributed by atoms with Crippen molar-refractivity contribution >= 4 is 21.7 Å². The standard InChI is InChI=1S/C9H14BrN3/c10-8-6-13(12-9(8)11)5-1-2-7-3-4-7/h6-7H,1-5H2,(H2,11,12). The molecule has 3 nitrogen and oxygen atoms in total. The minimum absolute atomic E-state index is 0.589. The molecule has 0 atom stereocenters. The van der Waals surface area contributed by atoms with Crippen LogP contribution < -0.4 is 5.73 Å². The average molecular weight is 244 g/mol. The lowest BCUT2D eigenvalue weighted by atomic mass is 10.2. The van der Waals surface area contributed by atoms with E-state index in [4.69, 9.17) is 5.73 Å². The Morgan fingerprint density at radius 1 is 1.62 bits per heavy atom. The van der Waals surface area contributed by atoms with Crippen LogP contribution in [0.2, 0.25) is 0 Å². The molecule has 1 aromatic rings. The van der Waals surface area contributed by atoms with Crippen LogP contribution in [0.1, 0.15) is 25.7 Å².